The number of benzene rings is 2. The van der Waals surface area contributed by atoms with E-state index in [9.17, 15) is 4.57 Å². The third-order valence-corrected chi connectivity index (χ3v) is 8.48. The Morgan fingerprint density at radius 1 is 1.16 bits per heavy atom. The first-order chi connectivity index (χ1) is 14.8. The summed E-state index contributed by atoms with van der Waals surface area (Å²) in [5.41, 5.74) is 4.12. The van der Waals surface area contributed by atoms with E-state index in [2.05, 4.69) is 31.3 Å². The maximum atomic E-state index is 13.1. The molecule has 0 spiro atoms. The van der Waals surface area contributed by atoms with Gasteiger partial charge in [0.25, 0.3) is 0 Å². The summed E-state index contributed by atoms with van der Waals surface area (Å²) in [6.45, 7) is 9.51. The summed E-state index contributed by atoms with van der Waals surface area (Å²) in [6, 6.07) is 12.3. The summed E-state index contributed by atoms with van der Waals surface area (Å²) in [6.07, 6.45) is 0.263. The minimum Gasteiger partial charge on any atom is -0.496 e. The Hall–Kier alpha value is -2.01. The van der Waals surface area contributed by atoms with Crippen LogP contribution in [0.4, 0.5) is 5.69 Å². The van der Waals surface area contributed by atoms with E-state index in [1.165, 1.54) is 5.56 Å². The Kier molecular flexibility index (Phi) is 6.08. The van der Waals surface area contributed by atoms with Crippen LogP contribution in [0.1, 0.15) is 50.4 Å². The van der Waals surface area contributed by atoms with Crippen LogP contribution in [0.25, 0.3) is 0 Å². The molecule has 2 unspecified atom stereocenters. The Morgan fingerprint density at radius 2 is 1.90 bits per heavy atom. The molecular formula is C24H32NO5P. The topological polar surface area (TPSA) is 66.0 Å². The SMILES string of the molecule is CCOP(=O)(Cc1ccc2c(c1)C(C)(C)C1COc3cccc(OC)c3C1N2)OCC. The van der Waals surface area contributed by atoms with Crippen LogP contribution in [0.3, 0.4) is 0 Å². The molecule has 2 heterocycles. The van der Waals surface area contributed by atoms with Gasteiger partial charge in [-0.15, -0.1) is 0 Å². The van der Waals surface area contributed by atoms with Crippen LogP contribution in [0.5, 0.6) is 11.5 Å². The highest BCUT2D eigenvalue weighted by molar-refractivity contribution is 7.53. The number of ether oxygens (including phenoxy) is 2. The van der Waals surface area contributed by atoms with Gasteiger partial charge in [-0.1, -0.05) is 32.0 Å². The lowest BCUT2D eigenvalue weighted by Crippen LogP contribution is -2.46. The molecule has 7 heteroatoms. The van der Waals surface area contributed by atoms with Gasteiger partial charge in [0.05, 0.1) is 44.7 Å². The van der Waals surface area contributed by atoms with E-state index >= 15 is 0 Å². The molecule has 2 aromatic rings. The minimum atomic E-state index is -3.16. The Bertz CT molecular complexity index is 981. The van der Waals surface area contributed by atoms with Gasteiger partial charge in [0.2, 0.25) is 0 Å². The van der Waals surface area contributed by atoms with E-state index in [4.69, 9.17) is 18.5 Å². The van der Waals surface area contributed by atoms with Crippen molar-refractivity contribution in [3.05, 3.63) is 53.1 Å². The van der Waals surface area contributed by atoms with Crippen molar-refractivity contribution in [1.82, 2.24) is 0 Å². The van der Waals surface area contributed by atoms with Gasteiger partial charge in [-0.2, -0.15) is 0 Å². The average molecular weight is 445 g/mol. The highest BCUT2D eigenvalue weighted by Crippen LogP contribution is 2.55. The van der Waals surface area contributed by atoms with Crippen LogP contribution in [0.2, 0.25) is 0 Å². The maximum Gasteiger partial charge on any atom is 0.335 e. The fraction of sp³-hybridized carbons (Fsp3) is 0.500. The number of anilines is 1. The summed E-state index contributed by atoms with van der Waals surface area (Å²) in [5, 5.41) is 3.73. The molecule has 168 valence electrons. The van der Waals surface area contributed by atoms with Crippen molar-refractivity contribution < 1.29 is 23.1 Å². The summed E-state index contributed by atoms with van der Waals surface area (Å²) < 4.78 is 35.9. The normalized spacial score (nSPS) is 21.2. The summed E-state index contributed by atoms with van der Waals surface area (Å²) in [4.78, 5) is 0. The zero-order valence-corrected chi connectivity index (χ0v) is 19.8. The molecule has 2 aliphatic rings. The third-order valence-electron chi connectivity index (χ3n) is 6.42. The molecule has 2 aromatic carbocycles. The fourth-order valence-electron chi connectivity index (χ4n) is 4.87. The largest absolute Gasteiger partial charge is 0.496 e. The zero-order valence-electron chi connectivity index (χ0n) is 18.9. The highest BCUT2D eigenvalue weighted by Gasteiger charge is 2.47. The third kappa shape index (κ3) is 3.97. The van der Waals surface area contributed by atoms with Crippen molar-refractivity contribution in [2.75, 3.05) is 32.2 Å². The number of methoxy groups -OCH3 is 1. The van der Waals surface area contributed by atoms with Gasteiger partial charge in [0.15, 0.2) is 0 Å². The van der Waals surface area contributed by atoms with Crippen LogP contribution in [-0.2, 0) is 25.2 Å². The summed E-state index contributed by atoms with van der Waals surface area (Å²) in [7, 11) is -1.47. The molecule has 0 amide bonds. The Morgan fingerprint density at radius 3 is 2.58 bits per heavy atom. The predicted octanol–water partition coefficient (Wildman–Crippen LogP) is 5.91. The van der Waals surface area contributed by atoms with Crippen molar-refractivity contribution in [3.8, 4) is 11.5 Å². The van der Waals surface area contributed by atoms with Gasteiger partial charge in [0, 0.05) is 17.0 Å². The van der Waals surface area contributed by atoms with Gasteiger partial charge in [0.1, 0.15) is 11.5 Å². The van der Waals surface area contributed by atoms with Crippen LogP contribution < -0.4 is 14.8 Å². The lowest BCUT2D eigenvalue weighted by atomic mass is 9.65. The van der Waals surface area contributed by atoms with E-state index in [0.717, 1.165) is 28.3 Å². The average Bonchev–Trinajstić information content (AvgIpc) is 2.74. The highest BCUT2D eigenvalue weighted by atomic mass is 31.2. The van der Waals surface area contributed by atoms with Gasteiger partial charge in [-0.3, -0.25) is 4.57 Å². The molecule has 0 saturated carbocycles. The summed E-state index contributed by atoms with van der Waals surface area (Å²) in [5.74, 6) is 1.92. The second-order valence-corrected chi connectivity index (χ2v) is 10.7. The van der Waals surface area contributed by atoms with Crippen molar-refractivity contribution in [2.24, 2.45) is 5.92 Å². The fourth-order valence-corrected chi connectivity index (χ4v) is 6.56. The molecule has 0 radical (unpaired) electrons. The lowest BCUT2D eigenvalue weighted by Gasteiger charge is -2.48. The van der Waals surface area contributed by atoms with Crippen LogP contribution >= 0.6 is 7.60 Å². The number of hydrogen-bond donors (Lipinski definition) is 1. The minimum absolute atomic E-state index is 0.0891. The van der Waals surface area contributed by atoms with Crippen molar-refractivity contribution in [2.45, 2.75) is 45.3 Å². The van der Waals surface area contributed by atoms with Gasteiger partial charge in [-0.25, -0.2) is 0 Å². The number of fused-ring (bicyclic) bond motifs is 4. The molecule has 0 aromatic heterocycles. The van der Waals surface area contributed by atoms with E-state index in [0.29, 0.717) is 19.8 Å². The molecule has 0 saturated heterocycles. The van der Waals surface area contributed by atoms with Crippen molar-refractivity contribution >= 4 is 13.3 Å². The molecule has 6 nitrogen and oxygen atoms in total. The molecular weight excluding hydrogens is 413 g/mol. The molecule has 0 aliphatic carbocycles. The maximum absolute atomic E-state index is 13.1. The molecule has 0 fully saturated rings. The van der Waals surface area contributed by atoms with Crippen LogP contribution in [0, 0.1) is 5.92 Å². The monoisotopic (exact) mass is 445 g/mol. The first-order valence-corrected chi connectivity index (χ1v) is 12.6. The quantitative estimate of drug-likeness (QED) is 0.534. The first-order valence-electron chi connectivity index (χ1n) is 10.9. The number of rotatable bonds is 7. The second kappa shape index (κ2) is 8.50. The smallest absolute Gasteiger partial charge is 0.335 e. The van der Waals surface area contributed by atoms with Gasteiger partial charge in [-0.05, 0) is 43.2 Å². The Labute approximate surface area is 184 Å². The van der Waals surface area contributed by atoms with Crippen LogP contribution in [0.15, 0.2) is 36.4 Å². The van der Waals surface area contributed by atoms with Gasteiger partial charge >= 0.3 is 7.60 Å². The molecule has 2 aliphatic heterocycles. The number of nitrogens with one attached hydrogen (secondary N) is 1. The lowest BCUT2D eigenvalue weighted by molar-refractivity contribution is 0.133. The molecule has 2 atom stereocenters. The molecule has 0 bridgehead atoms. The molecule has 1 N–H and O–H groups in total. The predicted molar refractivity (Wildman–Crippen MR) is 122 cm³/mol. The first kappa shape index (κ1) is 22.2. The van der Waals surface area contributed by atoms with E-state index < -0.39 is 7.60 Å². The number of hydrogen-bond acceptors (Lipinski definition) is 6. The summed E-state index contributed by atoms with van der Waals surface area (Å²) >= 11 is 0. The van der Waals surface area contributed by atoms with Gasteiger partial charge < -0.3 is 23.8 Å². The standard InChI is InChI=1S/C24H32NO5P/c1-6-29-31(26,30-7-2)15-16-11-12-19-17(13-16)24(3,4)18-14-28-21-10-8-9-20(27-5)22(21)23(18)25-19/h8-13,18,23,25H,6-7,14-15H2,1-5H3. The van der Waals surface area contributed by atoms with Crippen LogP contribution in [-0.4, -0.2) is 26.9 Å². The molecule has 4 rings (SSSR count). The van der Waals surface area contributed by atoms with E-state index in [-0.39, 0.29) is 23.5 Å². The Balaban J connectivity index is 1.72. The van der Waals surface area contributed by atoms with E-state index in [1.807, 2.05) is 38.1 Å². The van der Waals surface area contributed by atoms with Crippen molar-refractivity contribution in [1.29, 1.82) is 0 Å². The zero-order chi connectivity index (χ0) is 22.2. The van der Waals surface area contributed by atoms with Crippen molar-refractivity contribution in [3.63, 3.8) is 0 Å². The van der Waals surface area contributed by atoms with E-state index in [1.54, 1.807) is 7.11 Å². The molecule has 31 heavy (non-hydrogen) atoms. The second-order valence-electron chi connectivity index (χ2n) is 8.62.